The predicted molar refractivity (Wildman–Crippen MR) is 250 cm³/mol. The molecule has 0 saturated carbocycles. The topological polar surface area (TPSA) is 197 Å². The number of esters is 2. The summed E-state index contributed by atoms with van der Waals surface area (Å²) in [4.78, 5) is 27.5. The van der Waals surface area contributed by atoms with Gasteiger partial charge in [-0.3, -0.25) is 0 Å². The van der Waals surface area contributed by atoms with E-state index >= 15 is 0 Å². The second-order valence-electron chi connectivity index (χ2n) is 16.3. The lowest BCUT2D eigenvalue weighted by atomic mass is 9.77. The Morgan fingerprint density at radius 1 is 0.515 bits per heavy atom. The number of phenolic OH excluding ortho intramolecular Hbond substituents is 4. The van der Waals surface area contributed by atoms with Crippen molar-refractivity contribution in [2.75, 3.05) is 30.4 Å². The molecule has 6 aromatic carbocycles. The van der Waals surface area contributed by atoms with Crippen molar-refractivity contribution in [2.24, 2.45) is 0 Å². The molecule has 0 bridgehead atoms. The summed E-state index contributed by atoms with van der Waals surface area (Å²) in [6.45, 7) is 1.78. The number of aromatic hydroxyl groups is 4. The van der Waals surface area contributed by atoms with Gasteiger partial charge in [-0.2, -0.15) is 0 Å². The predicted octanol–water partition coefficient (Wildman–Crippen LogP) is 9.34. The molecule has 4 aliphatic heterocycles. The van der Waals surface area contributed by atoms with Crippen LogP contribution in [0.15, 0.2) is 109 Å². The van der Waals surface area contributed by atoms with Crippen LogP contribution in [-0.4, -0.2) is 62.2 Å². The van der Waals surface area contributed by atoms with Gasteiger partial charge in [0.2, 0.25) is 0 Å². The number of carbonyl (C=O) groups is 2. The number of unbranched alkanes of at least 4 members (excludes halogenated alkanes) is 2. The van der Waals surface area contributed by atoms with Gasteiger partial charge in [-0.25, -0.2) is 9.59 Å². The Morgan fingerprint density at radius 2 is 0.939 bits per heavy atom. The van der Waals surface area contributed by atoms with Crippen molar-refractivity contribution in [3.63, 3.8) is 0 Å². The van der Waals surface area contributed by atoms with Crippen LogP contribution in [0.4, 0.5) is 11.4 Å². The number of carbonyl (C=O) groups excluding carboxylic acids is 2. The zero-order chi connectivity index (χ0) is 45.7. The normalized spacial score (nSPS) is 14.8. The number of ether oxygens (including phenoxy) is 5. The SMILES string of the molecule is O=C1OC2(c3ccc(O)cc3Oc3cc(O)ccc32)c2ccc(NC(=S)CCCOCCCCCNC(=S)Nc3ccc4c(c3)C(=O)OC43c4ccc(O)cc4Oc4cc(O)ccc43)cc21. The van der Waals surface area contributed by atoms with E-state index in [4.69, 9.17) is 48.1 Å². The van der Waals surface area contributed by atoms with Crippen molar-refractivity contribution in [1.29, 1.82) is 0 Å². The molecule has 4 heterocycles. The number of benzene rings is 6. The van der Waals surface area contributed by atoms with Crippen LogP contribution in [0.2, 0.25) is 0 Å². The monoisotopic (exact) mass is 923 g/mol. The molecule has 66 heavy (non-hydrogen) atoms. The number of fused-ring (bicyclic) bond motifs is 12. The van der Waals surface area contributed by atoms with Crippen LogP contribution >= 0.6 is 24.4 Å². The first-order chi connectivity index (χ1) is 31.9. The smallest absolute Gasteiger partial charge is 0.340 e. The summed E-state index contributed by atoms with van der Waals surface area (Å²) in [5.74, 6) is 0.138. The van der Waals surface area contributed by atoms with Gasteiger partial charge in [0.05, 0.1) is 16.1 Å². The summed E-state index contributed by atoms with van der Waals surface area (Å²) in [6, 6.07) is 29.3. The quantitative estimate of drug-likeness (QED) is 0.0348. The third kappa shape index (κ3) is 7.42. The van der Waals surface area contributed by atoms with Gasteiger partial charge in [0.15, 0.2) is 16.3 Å². The molecule has 6 aromatic rings. The number of hydrogen-bond donors (Lipinski definition) is 7. The highest BCUT2D eigenvalue weighted by Gasteiger charge is 2.55. The van der Waals surface area contributed by atoms with Crippen LogP contribution in [0.5, 0.6) is 46.0 Å². The Labute approximate surface area is 388 Å². The van der Waals surface area contributed by atoms with Crippen LogP contribution in [0.25, 0.3) is 0 Å². The fraction of sp³-hybridized carbons (Fsp3) is 0.200. The van der Waals surface area contributed by atoms with Gasteiger partial charge >= 0.3 is 11.9 Å². The maximum absolute atomic E-state index is 13.5. The van der Waals surface area contributed by atoms with Gasteiger partial charge in [0.1, 0.15) is 46.0 Å². The zero-order valence-corrected chi connectivity index (χ0v) is 36.6. The summed E-state index contributed by atoms with van der Waals surface area (Å²) < 4.78 is 30.3. The second kappa shape index (κ2) is 16.9. The summed E-state index contributed by atoms with van der Waals surface area (Å²) in [5, 5.41) is 50.7. The Balaban J connectivity index is 0.663. The summed E-state index contributed by atoms with van der Waals surface area (Å²) >= 11 is 11.2. The molecule has 14 nitrogen and oxygen atoms in total. The molecule has 0 unspecified atom stereocenters. The minimum absolute atomic E-state index is 0.0129. The molecule has 0 fully saturated rings. The molecule has 0 aliphatic carbocycles. The van der Waals surface area contributed by atoms with Gasteiger partial charge in [-0.1, -0.05) is 24.4 Å². The van der Waals surface area contributed by atoms with Crippen molar-refractivity contribution in [3.05, 3.63) is 154 Å². The number of nitrogens with one attached hydrogen (secondary N) is 3. The zero-order valence-electron chi connectivity index (χ0n) is 35.0. The molecule has 0 atom stereocenters. The standard InChI is InChI=1S/C50H41N3O11S2/c54-29-8-14-37-41(23-29)61-42-24-30(55)9-15-38(42)49(37)35-12-6-27(21-33(35)46(58)63-49)52-45(65)5-4-20-60-19-3-1-2-18-51-48(66)53-28-7-13-36-34(22-28)47(59)64-50(36)39-16-10-31(56)25-43(39)62-44-26-32(57)11-17-40(44)50/h6-17,21-26,54-57H,1-5,18-20H2,(H,52,65)(H2,51,53,66). The fourth-order valence-electron chi connectivity index (χ4n) is 9.11. The van der Waals surface area contributed by atoms with E-state index in [1.54, 1.807) is 36.4 Å². The Hall–Kier alpha value is -7.40. The van der Waals surface area contributed by atoms with E-state index < -0.39 is 23.1 Å². The number of anilines is 2. The van der Waals surface area contributed by atoms with Gasteiger partial charge in [0, 0.05) is 95.2 Å². The average Bonchev–Trinajstić information content (AvgIpc) is 3.73. The Kier molecular flexibility index (Phi) is 10.9. The first kappa shape index (κ1) is 42.5. The molecule has 2 spiro atoms. The number of hydrogen-bond acceptors (Lipinski definition) is 13. The van der Waals surface area contributed by atoms with E-state index in [1.807, 2.05) is 24.3 Å². The molecule has 334 valence electrons. The highest BCUT2D eigenvalue weighted by atomic mass is 32.1. The van der Waals surface area contributed by atoms with E-state index in [0.29, 0.717) is 122 Å². The van der Waals surface area contributed by atoms with Gasteiger partial charge in [-0.15, -0.1) is 0 Å². The molecule has 7 N–H and O–H groups in total. The van der Waals surface area contributed by atoms with Crippen LogP contribution in [0, 0.1) is 0 Å². The van der Waals surface area contributed by atoms with Gasteiger partial charge in [-0.05, 0) is 111 Å². The van der Waals surface area contributed by atoms with Gasteiger partial charge < -0.3 is 60.1 Å². The summed E-state index contributed by atoms with van der Waals surface area (Å²) in [7, 11) is 0. The Morgan fingerprint density at radius 3 is 1.41 bits per heavy atom. The largest absolute Gasteiger partial charge is 0.508 e. The Bertz CT molecular complexity index is 2710. The van der Waals surface area contributed by atoms with E-state index in [-0.39, 0.29) is 23.0 Å². The lowest BCUT2D eigenvalue weighted by Gasteiger charge is -2.36. The van der Waals surface area contributed by atoms with E-state index in [0.717, 1.165) is 19.3 Å². The molecule has 0 aromatic heterocycles. The first-order valence-corrected chi connectivity index (χ1v) is 22.1. The van der Waals surface area contributed by atoms with E-state index in [2.05, 4.69) is 16.0 Å². The minimum Gasteiger partial charge on any atom is -0.508 e. The maximum atomic E-state index is 13.5. The third-order valence-corrected chi connectivity index (χ3v) is 12.6. The van der Waals surface area contributed by atoms with Crippen molar-refractivity contribution >= 4 is 57.9 Å². The molecule has 10 rings (SSSR count). The average molecular weight is 924 g/mol. The molecule has 4 aliphatic rings. The fourth-order valence-corrected chi connectivity index (χ4v) is 9.59. The number of rotatable bonds is 12. The maximum Gasteiger partial charge on any atom is 0.340 e. The lowest BCUT2D eigenvalue weighted by molar-refractivity contribution is 0.0214. The highest BCUT2D eigenvalue weighted by Crippen LogP contribution is 2.59. The molecule has 16 heteroatoms. The number of phenols is 4. The van der Waals surface area contributed by atoms with Crippen molar-refractivity contribution in [2.45, 2.75) is 43.3 Å². The van der Waals surface area contributed by atoms with Crippen LogP contribution in [0.1, 0.15) is 86.2 Å². The minimum atomic E-state index is -1.34. The van der Waals surface area contributed by atoms with E-state index in [9.17, 15) is 30.0 Å². The van der Waals surface area contributed by atoms with Crippen molar-refractivity contribution < 1.29 is 53.7 Å². The summed E-state index contributed by atoms with van der Waals surface area (Å²) in [5.41, 5.74) is 2.71. The molecular formula is C50H41N3O11S2. The molecule has 0 radical (unpaired) electrons. The lowest BCUT2D eigenvalue weighted by Crippen LogP contribution is -2.33. The van der Waals surface area contributed by atoms with Crippen LogP contribution < -0.4 is 25.4 Å². The van der Waals surface area contributed by atoms with Crippen molar-refractivity contribution in [1.82, 2.24) is 5.32 Å². The van der Waals surface area contributed by atoms with Crippen LogP contribution in [0.3, 0.4) is 0 Å². The highest BCUT2D eigenvalue weighted by molar-refractivity contribution is 7.80. The third-order valence-electron chi connectivity index (χ3n) is 12.0. The molecular weight excluding hydrogens is 883 g/mol. The second-order valence-corrected chi connectivity index (χ2v) is 17.2. The van der Waals surface area contributed by atoms with Crippen molar-refractivity contribution in [3.8, 4) is 46.0 Å². The number of thiocarbonyl (C=S) groups is 2. The molecule has 0 amide bonds. The van der Waals surface area contributed by atoms with Gasteiger partial charge in [0.25, 0.3) is 0 Å². The summed E-state index contributed by atoms with van der Waals surface area (Å²) in [6.07, 6.45) is 3.94. The van der Waals surface area contributed by atoms with E-state index in [1.165, 1.54) is 48.5 Å². The molecule has 0 saturated heterocycles. The van der Waals surface area contributed by atoms with Crippen LogP contribution in [-0.2, 0) is 25.4 Å². The first-order valence-electron chi connectivity index (χ1n) is 21.3.